The van der Waals surface area contributed by atoms with Crippen molar-refractivity contribution in [1.82, 2.24) is 5.32 Å². The van der Waals surface area contributed by atoms with Gasteiger partial charge in [-0.3, -0.25) is 19.7 Å². The van der Waals surface area contributed by atoms with Crippen LogP contribution in [0, 0.1) is 30.1 Å². The Kier molecular flexibility index (Phi) is 3.82. The average molecular weight is 342 g/mol. The molecule has 0 spiro atoms. The molecule has 0 radical (unpaired) electrons. The van der Waals surface area contributed by atoms with Crippen LogP contribution in [0.25, 0.3) is 0 Å². The topological polar surface area (TPSA) is 75.3 Å². The van der Waals surface area contributed by atoms with Crippen molar-refractivity contribution < 1.29 is 14.4 Å². The molecular weight excluding hydrogens is 316 g/mol. The van der Waals surface area contributed by atoms with Crippen molar-refractivity contribution in [2.75, 3.05) is 5.32 Å². The van der Waals surface area contributed by atoms with E-state index in [1.54, 1.807) is 0 Å². The third kappa shape index (κ3) is 2.86. The highest BCUT2D eigenvalue weighted by atomic mass is 16.2. The third-order valence-electron chi connectivity index (χ3n) is 5.84. The van der Waals surface area contributed by atoms with Gasteiger partial charge in [0.15, 0.2) is 0 Å². The van der Waals surface area contributed by atoms with Gasteiger partial charge in [-0.1, -0.05) is 38.5 Å². The number of piperidine rings is 1. The molecule has 1 saturated heterocycles. The third-order valence-corrected chi connectivity index (χ3v) is 5.84. The Morgan fingerprint density at radius 1 is 1.00 bits per heavy atom. The van der Waals surface area contributed by atoms with Gasteiger partial charge in [0.05, 0.1) is 0 Å². The fourth-order valence-corrected chi connectivity index (χ4v) is 4.88. The van der Waals surface area contributed by atoms with Gasteiger partial charge in [-0.15, -0.1) is 0 Å². The van der Waals surface area contributed by atoms with Gasteiger partial charge in [-0.2, -0.15) is 0 Å². The molecule has 3 rings (SSSR count). The summed E-state index contributed by atoms with van der Waals surface area (Å²) in [6, 6.07) is 5.88. The Hall–Kier alpha value is -2.17. The molecule has 1 aliphatic heterocycles. The first-order valence-electron chi connectivity index (χ1n) is 8.72. The molecule has 2 fully saturated rings. The van der Waals surface area contributed by atoms with Crippen LogP contribution in [-0.2, 0) is 14.4 Å². The second-order valence-electron chi connectivity index (χ2n) is 8.77. The zero-order valence-corrected chi connectivity index (χ0v) is 15.6. The van der Waals surface area contributed by atoms with Gasteiger partial charge in [-0.05, 0) is 44.7 Å². The number of nitrogens with one attached hydrogen (secondary N) is 2. The van der Waals surface area contributed by atoms with E-state index in [4.69, 9.17) is 0 Å². The highest BCUT2D eigenvalue weighted by Gasteiger charge is 2.60. The van der Waals surface area contributed by atoms with Gasteiger partial charge >= 0.3 is 0 Å². The lowest BCUT2D eigenvalue weighted by atomic mass is 9.52. The van der Waals surface area contributed by atoms with Crippen molar-refractivity contribution >= 4 is 23.4 Å². The molecule has 5 heteroatoms. The Balaban J connectivity index is 1.91. The number of benzene rings is 1. The maximum absolute atomic E-state index is 13.1. The van der Waals surface area contributed by atoms with Gasteiger partial charge in [0.1, 0.15) is 0 Å². The van der Waals surface area contributed by atoms with Gasteiger partial charge in [-0.25, -0.2) is 0 Å². The standard InChI is InChI=1S/C20H26N2O3/c1-12-6-7-14(13(2)8-12)21-15(23)18(3)9-19(4)11-20(5,10-18)17(25)22-16(19)24/h6-8H,9-11H2,1-5H3,(H,21,23)(H,22,24,25). The summed E-state index contributed by atoms with van der Waals surface area (Å²) in [6.45, 7) is 9.55. The van der Waals surface area contributed by atoms with Crippen molar-refractivity contribution in [3.05, 3.63) is 29.3 Å². The molecule has 5 nitrogen and oxygen atoms in total. The largest absolute Gasteiger partial charge is 0.325 e. The van der Waals surface area contributed by atoms with Crippen LogP contribution >= 0.6 is 0 Å². The van der Waals surface area contributed by atoms with Crippen molar-refractivity contribution in [3.8, 4) is 0 Å². The van der Waals surface area contributed by atoms with Crippen molar-refractivity contribution in [2.45, 2.75) is 53.9 Å². The van der Waals surface area contributed by atoms with Crippen LogP contribution < -0.4 is 10.6 Å². The first-order chi connectivity index (χ1) is 11.5. The number of imide groups is 1. The predicted molar refractivity (Wildman–Crippen MR) is 95.9 cm³/mol. The second kappa shape index (κ2) is 5.41. The van der Waals surface area contributed by atoms with E-state index in [9.17, 15) is 14.4 Å². The minimum absolute atomic E-state index is 0.126. The Bertz CT molecular complexity index is 757. The molecule has 3 amide bonds. The van der Waals surface area contributed by atoms with Crippen LogP contribution in [0.5, 0.6) is 0 Å². The van der Waals surface area contributed by atoms with E-state index in [1.165, 1.54) is 0 Å². The minimum atomic E-state index is -0.771. The first kappa shape index (κ1) is 17.6. The lowest BCUT2D eigenvalue weighted by molar-refractivity contribution is -0.163. The summed E-state index contributed by atoms with van der Waals surface area (Å²) >= 11 is 0. The fourth-order valence-electron chi connectivity index (χ4n) is 4.88. The van der Waals surface area contributed by atoms with Gasteiger partial charge in [0.25, 0.3) is 0 Å². The second-order valence-corrected chi connectivity index (χ2v) is 8.77. The van der Waals surface area contributed by atoms with Crippen LogP contribution in [0.2, 0.25) is 0 Å². The molecule has 1 aromatic carbocycles. The molecule has 25 heavy (non-hydrogen) atoms. The average Bonchev–Trinajstić information content (AvgIpc) is 2.47. The van der Waals surface area contributed by atoms with E-state index in [0.717, 1.165) is 16.8 Å². The van der Waals surface area contributed by atoms with E-state index in [1.807, 2.05) is 52.8 Å². The molecule has 1 aliphatic carbocycles. The summed E-state index contributed by atoms with van der Waals surface area (Å²) in [5.74, 6) is -0.653. The van der Waals surface area contributed by atoms with Crippen molar-refractivity contribution in [3.63, 3.8) is 0 Å². The number of fused-ring (bicyclic) bond motifs is 2. The smallest absolute Gasteiger partial charge is 0.232 e. The number of hydrogen-bond donors (Lipinski definition) is 2. The number of aryl methyl sites for hydroxylation is 2. The predicted octanol–water partition coefficient (Wildman–Crippen LogP) is 3.10. The summed E-state index contributed by atoms with van der Waals surface area (Å²) in [7, 11) is 0. The summed E-state index contributed by atoms with van der Waals surface area (Å²) in [4.78, 5) is 37.9. The monoisotopic (exact) mass is 342 g/mol. The lowest BCUT2D eigenvalue weighted by Crippen LogP contribution is -2.63. The van der Waals surface area contributed by atoms with E-state index >= 15 is 0 Å². The lowest BCUT2D eigenvalue weighted by Gasteiger charge is -2.53. The number of anilines is 1. The number of amides is 3. The summed E-state index contributed by atoms with van der Waals surface area (Å²) < 4.78 is 0. The first-order valence-corrected chi connectivity index (χ1v) is 8.72. The van der Waals surface area contributed by atoms with E-state index < -0.39 is 16.2 Å². The van der Waals surface area contributed by atoms with Crippen LogP contribution in [-0.4, -0.2) is 17.7 Å². The van der Waals surface area contributed by atoms with E-state index in [-0.39, 0.29) is 17.7 Å². The molecule has 2 aliphatic rings. The van der Waals surface area contributed by atoms with Crippen LogP contribution in [0.1, 0.15) is 51.2 Å². The quantitative estimate of drug-likeness (QED) is 0.811. The number of rotatable bonds is 2. The molecule has 1 saturated carbocycles. The Labute approximate surface area is 148 Å². The molecular formula is C20H26N2O3. The maximum atomic E-state index is 13.1. The summed E-state index contributed by atoms with van der Waals surface area (Å²) in [5.41, 5.74) is 0.742. The van der Waals surface area contributed by atoms with Crippen LogP contribution in [0.15, 0.2) is 18.2 Å². The van der Waals surface area contributed by atoms with Crippen molar-refractivity contribution in [2.24, 2.45) is 16.2 Å². The normalized spacial score (nSPS) is 34.4. The van der Waals surface area contributed by atoms with Gasteiger partial charge in [0.2, 0.25) is 17.7 Å². The fraction of sp³-hybridized carbons (Fsp3) is 0.550. The molecule has 1 heterocycles. The van der Waals surface area contributed by atoms with Gasteiger partial charge in [0, 0.05) is 21.9 Å². The maximum Gasteiger partial charge on any atom is 0.232 e. The van der Waals surface area contributed by atoms with Gasteiger partial charge < -0.3 is 5.32 Å². The zero-order valence-electron chi connectivity index (χ0n) is 15.6. The Morgan fingerprint density at radius 2 is 1.56 bits per heavy atom. The zero-order chi connectivity index (χ0) is 18.6. The molecule has 1 aromatic rings. The molecule has 134 valence electrons. The highest BCUT2D eigenvalue weighted by molar-refractivity contribution is 6.05. The number of carbonyl (C=O) groups is 3. The highest BCUT2D eigenvalue weighted by Crippen LogP contribution is 2.56. The SMILES string of the molecule is Cc1ccc(NC(=O)C2(C)CC3(C)CC(C)(C2)C(=O)NC3=O)c(C)c1. The van der Waals surface area contributed by atoms with Crippen molar-refractivity contribution in [1.29, 1.82) is 0 Å². The minimum Gasteiger partial charge on any atom is -0.325 e. The molecule has 2 unspecified atom stereocenters. The summed E-state index contributed by atoms with van der Waals surface area (Å²) in [5, 5.41) is 5.51. The Morgan fingerprint density at radius 3 is 2.08 bits per heavy atom. The van der Waals surface area contributed by atoms with E-state index in [2.05, 4.69) is 10.6 Å². The summed E-state index contributed by atoms with van der Waals surface area (Å²) in [6.07, 6.45) is 1.37. The molecule has 2 bridgehead atoms. The van der Waals surface area contributed by atoms with Crippen LogP contribution in [0.4, 0.5) is 5.69 Å². The molecule has 0 aromatic heterocycles. The number of carbonyl (C=O) groups excluding carboxylic acids is 3. The molecule has 2 N–H and O–H groups in total. The van der Waals surface area contributed by atoms with Crippen LogP contribution in [0.3, 0.4) is 0 Å². The number of hydrogen-bond acceptors (Lipinski definition) is 3. The van der Waals surface area contributed by atoms with E-state index in [0.29, 0.717) is 19.3 Å². The molecule has 2 atom stereocenters.